The van der Waals surface area contributed by atoms with E-state index >= 15 is 0 Å². The highest BCUT2D eigenvalue weighted by Crippen LogP contribution is 2.41. The number of carbonyl (C=O) groups is 1. The molecule has 1 heterocycles. The summed E-state index contributed by atoms with van der Waals surface area (Å²) in [7, 11) is 0. The van der Waals surface area contributed by atoms with Gasteiger partial charge in [0.25, 0.3) is 0 Å². The first kappa shape index (κ1) is 15.3. The summed E-state index contributed by atoms with van der Waals surface area (Å²) in [6, 6.07) is 0. The molecule has 1 atom stereocenters. The molecule has 18 heavy (non-hydrogen) atoms. The van der Waals surface area contributed by atoms with Gasteiger partial charge in [-0.1, -0.05) is 13.3 Å². The Morgan fingerprint density at radius 2 is 2.06 bits per heavy atom. The van der Waals surface area contributed by atoms with Gasteiger partial charge in [0.15, 0.2) is 5.54 Å². The van der Waals surface area contributed by atoms with Gasteiger partial charge < -0.3 is 10.6 Å². The number of alkyl halides is 3. The highest BCUT2D eigenvalue weighted by Gasteiger charge is 2.59. The van der Waals surface area contributed by atoms with Gasteiger partial charge in [-0.3, -0.25) is 4.79 Å². The van der Waals surface area contributed by atoms with Gasteiger partial charge in [0.05, 0.1) is 0 Å². The van der Waals surface area contributed by atoms with E-state index in [0.717, 1.165) is 11.3 Å². The maximum atomic E-state index is 13.3. The van der Waals surface area contributed by atoms with Crippen molar-refractivity contribution in [2.24, 2.45) is 5.73 Å². The maximum absolute atomic E-state index is 13.3. The second-order valence-corrected chi connectivity index (χ2v) is 4.84. The van der Waals surface area contributed by atoms with Crippen LogP contribution < -0.4 is 5.73 Å². The van der Waals surface area contributed by atoms with Crippen LogP contribution >= 0.6 is 0 Å². The third kappa shape index (κ3) is 2.79. The lowest BCUT2D eigenvalue weighted by molar-refractivity contribution is -0.237. The summed E-state index contributed by atoms with van der Waals surface area (Å²) in [5.41, 5.74) is 3.22. The molecule has 1 fully saturated rings. The van der Waals surface area contributed by atoms with Crippen LogP contribution in [0, 0.1) is 0 Å². The van der Waals surface area contributed by atoms with Crippen molar-refractivity contribution in [2.75, 3.05) is 13.1 Å². The SMILES string of the molecule is CCCCC(=O)N1CCCCC1(CN)C(F)(F)F. The molecule has 1 saturated heterocycles. The first-order valence-electron chi connectivity index (χ1n) is 6.46. The first-order valence-corrected chi connectivity index (χ1v) is 6.46. The molecule has 106 valence electrons. The largest absolute Gasteiger partial charge is 0.412 e. The van der Waals surface area contributed by atoms with Gasteiger partial charge in [0.2, 0.25) is 5.91 Å². The maximum Gasteiger partial charge on any atom is 0.412 e. The van der Waals surface area contributed by atoms with Gasteiger partial charge in [-0.05, 0) is 25.7 Å². The van der Waals surface area contributed by atoms with E-state index in [2.05, 4.69) is 0 Å². The molecule has 6 heteroatoms. The topological polar surface area (TPSA) is 46.3 Å². The predicted molar refractivity (Wildman–Crippen MR) is 62.9 cm³/mol. The molecular weight excluding hydrogens is 245 g/mol. The standard InChI is InChI=1S/C12H21F3N2O/c1-2-3-6-10(18)17-8-5-4-7-11(17,9-16)12(13,14)15/h2-9,16H2,1H3. The molecule has 3 nitrogen and oxygen atoms in total. The van der Waals surface area contributed by atoms with Crippen molar-refractivity contribution < 1.29 is 18.0 Å². The van der Waals surface area contributed by atoms with Crippen molar-refractivity contribution >= 4 is 5.91 Å². The molecule has 0 spiro atoms. The molecule has 0 aromatic rings. The second kappa shape index (κ2) is 5.91. The van der Waals surface area contributed by atoms with Crippen molar-refractivity contribution in [2.45, 2.75) is 57.2 Å². The number of hydrogen-bond donors (Lipinski definition) is 1. The van der Waals surface area contributed by atoms with E-state index in [0.29, 0.717) is 19.3 Å². The van der Waals surface area contributed by atoms with Crippen LogP contribution in [0.5, 0.6) is 0 Å². The summed E-state index contributed by atoms with van der Waals surface area (Å²) >= 11 is 0. The van der Waals surface area contributed by atoms with Crippen molar-refractivity contribution in [1.82, 2.24) is 4.90 Å². The number of halogens is 3. The Bertz CT molecular complexity index is 294. The fraction of sp³-hybridized carbons (Fsp3) is 0.917. The van der Waals surface area contributed by atoms with E-state index in [9.17, 15) is 18.0 Å². The number of likely N-dealkylation sites (tertiary alicyclic amines) is 1. The van der Waals surface area contributed by atoms with Crippen LogP contribution in [0.4, 0.5) is 13.2 Å². The van der Waals surface area contributed by atoms with E-state index in [1.54, 1.807) is 0 Å². The highest BCUT2D eigenvalue weighted by atomic mass is 19.4. The van der Waals surface area contributed by atoms with Crippen LogP contribution in [0.3, 0.4) is 0 Å². The summed E-state index contributed by atoms with van der Waals surface area (Å²) in [5, 5.41) is 0. The Morgan fingerprint density at radius 1 is 1.39 bits per heavy atom. The lowest BCUT2D eigenvalue weighted by Gasteiger charge is -2.47. The Kier molecular flexibility index (Phi) is 5.01. The Morgan fingerprint density at radius 3 is 2.56 bits per heavy atom. The number of unbranched alkanes of at least 4 members (excludes halogenated alkanes) is 1. The van der Waals surface area contributed by atoms with E-state index in [-0.39, 0.29) is 19.4 Å². The molecule has 1 amide bonds. The van der Waals surface area contributed by atoms with Gasteiger partial charge in [-0.15, -0.1) is 0 Å². The summed E-state index contributed by atoms with van der Waals surface area (Å²) in [6.07, 6.45) is -1.86. The molecule has 0 bridgehead atoms. The zero-order valence-electron chi connectivity index (χ0n) is 10.7. The third-order valence-electron chi connectivity index (χ3n) is 3.65. The van der Waals surface area contributed by atoms with Gasteiger partial charge in [-0.25, -0.2) is 0 Å². The van der Waals surface area contributed by atoms with Crippen LogP contribution in [0.15, 0.2) is 0 Å². The van der Waals surface area contributed by atoms with Crippen LogP contribution in [-0.4, -0.2) is 35.6 Å². The highest BCUT2D eigenvalue weighted by molar-refractivity contribution is 5.77. The van der Waals surface area contributed by atoms with Crippen LogP contribution in [0.1, 0.15) is 45.4 Å². The molecule has 0 aliphatic carbocycles. The molecule has 2 N–H and O–H groups in total. The normalized spacial score (nSPS) is 25.3. The number of rotatable bonds is 4. The summed E-state index contributed by atoms with van der Waals surface area (Å²) in [4.78, 5) is 12.9. The zero-order valence-corrected chi connectivity index (χ0v) is 10.7. The Balaban J connectivity index is 2.93. The minimum Gasteiger partial charge on any atom is -0.328 e. The number of hydrogen-bond acceptors (Lipinski definition) is 2. The molecule has 0 radical (unpaired) electrons. The van der Waals surface area contributed by atoms with Crippen molar-refractivity contribution in [3.8, 4) is 0 Å². The quantitative estimate of drug-likeness (QED) is 0.849. The van der Waals surface area contributed by atoms with Crippen molar-refractivity contribution in [3.63, 3.8) is 0 Å². The number of carbonyl (C=O) groups excluding carboxylic acids is 1. The van der Waals surface area contributed by atoms with Crippen LogP contribution in [0.2, 0.25) is 0 Å². The minimum atomic E-state index is -4.45. The lowest BCUT2D eigenvalue weighted by atomic mass is 9.85. The Labute approximate surface area is 106 Å². The lowest BCUT2D eigenvalue weighted by Crippen LogP contribution is -2.66. The smallest absolute Gasteiger partial charge is 0.328 e. The molecule has 1 rings (SSSR count). The zero-order chi connectivity index (χ0) is 13.8. The number of piperidine rings is 1. The fourth-order valence-corrected chi connectivity index (χ4v) is 2.49. The van der Waals surface area contributed by atoms with Crippen LogP contribution in [0.25, 0.3) is 0 Å². The minimum absolute atomic E-state index is 0.0785. The van der Waals surface area contributed by atoms with E-state index < -0.39 is 24.2 Å². The van der Waals surface area contributed by atoms with Gasteiger partial charge >= 0.3 is 6.18 Å². The van der Waals surface area contributed by atoms with E-state index in [1.807, 2.05) is 6.92 Å². The van der Waals surface area contributed by atoms with E-state index in [1.165, 1.54) is 0 Å². The molecule has 0 aromatic heterocycles. The van der Waals surface area contributed by atoms with Gasteiger partial charge in [0.1, 0.15) is 0 Å². The molecule has 1 unspecified atom stereocenters. The molecule has 1 aliphatic rings. The Hall–Kier alpha value is -0.780. The summed E-state index contributed by atoms with van der Waals surface area (Å²) in [5.74, 6) is -0.417. The second-order valence-electron chi connectivity index (χ2n) is 4.84. The molecule has 0 saturated carbocycles. The van der Waals surface area contributed by atoms with E-state index in [4.69, 9.17) is 5.73 Å². The third-order valence-corrected chi connectivity index (χ3v) is 3.65. The van der Waals surface area contributed by atoms with Crippen LogP contribution in [-0.2, 0) is 4.79 Å². The average Bonchev–Trinajstić information content (AvgIpc) is 2.34. The first-order chi connectivity index (χ1) is 8.39. The summed E-state index contributed by atoms with van der Waals surface area (Å²) < 4.78 is 39.8. The fourth-order valence-electron chi connectivity index (χ4n) is 2.49. The monoisotopic (exact) mass is 266 g/mol. The molecule has 0 aromatic carbocycles. The summed E-state index contributed by atoms with van der Waals surface area (Å²) in [6.45, 7) is 1.52. The van der Waals surface area contributed by atoms with Crippen molar-refractivity contribution in [1.29, 1.82) is 0 Å². The van der Waals surface area contributed by atoms with Crippen molar-refractivity contribution in [3.05, 3.63) is 0 Å². The average molecular weight is 266 g/mol. The predicted octanol–water partition coefficient (Wildman–Crippen LogP) is 2.45. The number of amides is 1. The van der Waals surface area contributed by atoms with Gasteiger partial charge in [0, 0.05) is 19.5 Å². The molecular formula is C12H21F3N2O. The number of nitrogens with zero attached hydrogens (tertiary/aromatic N) is 1. The molecule has 1 aliphatic heterocycles. The van der Waals surface area contributed by atoms with Gasteiger partial charge in [-0.2, -0.15) is 13.2 Å². The number of nitrogens with two attached hydrogens (primary N) is 1.